The van der Waals surface area contributed by atoms with E-state index >= 15 is 0 Å². The van der Waals surface area contributed by atoms with Gasteiger partial charge in [0, 0.05) is 5.75 Å². The lowest BCUT2D eigenvalue weighted by Crippen LogP contribution is -2.71. The van der Waals surface area contributed by atoms with Crippen molar-refractivity contribution < 1.29 is 19.5 Å². The summed E-state index contributed by atoms with van der Waals surface area (Å²) in [6.07, 6.45) is 0.185. The summed E-state index contributed by atoms with van der Waals surface area (Å²) in [4.78, 5) is 36.7. The van der Waals surface area contributed by atoms with Crippen LogP contribution in [0.3, 0.4) is 0 Å². The number of amides is 2. The van der Waals surface area contributed by atoms with E-state index in [1.165, 1.54) is 16.7 Å². The number of carbonyl (C=O) groups excluding carboxylic acids is 3. The molecule has 1 aromatic carbocycles. The number of rotatable bonds is 4. The topological polar surface area (TPSA) is 89.5 Å². The smallest absolute Gasteiger partial charge is 0.253 e. The number of carbonyl (C=O) groups is 3. The number of hydrogen-bond donors (Lipinski definition) is 1. The van der Waals surface area contributed by atoms with E-state index in [1.54, 1.807) is 6.92 Å². The molecule has 1 N–H and O–H groups in total. The Labute approximate surface area is 137 Å². The minimum atomic E-state index is -1.35. The summed E-state index contributed by atoms with van der Waals surface area (Å²) in [5, 5.41) is 13.5. The summed E-state index contributed by atoms with van der Waals surface area (Å²) in [5.41, 5.74) is 1.40. The van der Waals surface area contributed by atoms with Crippen molar-refractivity contribution in [2.24, 2.45) is 0 Å². The molecule has 0 saturated carbocycles. The average molecular weight is 331 g/mol. The van der Waals surface area contributed by atoms with E-state index in [0.29, 0.717) is 11.3 Å². The summed E-state index contributed by atoms with van der Waals surface area (Å²) in [6.45, 7) is 1.67. The molecule has 0 spiro atoms. The van der Waals surface area contributed by atoms with Gasteiger partial charge in [0.2, 0.25) is 5.91 Å². The molecule has 0 aliphatic carbocycles. The molecular weight excluding hydrogens is 316 g/mol. The number of hydrogen-bond acceptors (Lipinski definition) is 5. The molecule has 2 aliphatic heterocycles. The van der Waals surface area contributed by atoms with Crippen molar-refractivity contribution in [2.45, 2.75) is 24.8 Å². The van der Waals surface area contributed by atoms with Crippen LogP contribution in [0.2, 0.25) is 0 Å². The maximum Gasteiger partial charge on any atom is 0.253 e. The molecule has 0 bridgehead atoms. The summed E-state index contributed by atoms with van der Waals surface area (Å²) in [6, 6.07) is 8.54. The monoisotopic (exact) mass is 331 g/mol. The van der Waals surface area contributed by atoms with Gasteiger partial charge in [-0.25, -0.2) is 0 Å². The number of thioether (sulfide) groups is 1. The molecule has 1 aromatic rings. The molecule has 7 heteroatoms. The summed E-state index contributed by atoms with van der Waals surface area (Å²) in [7, 11) is 0. The van der Waals surface area contributed by atoms with Crippen molar-refractivity contribution in [3.63, 3.8) is 0 Å². The molecule has 2 unspecified atom stereocenters. The number of fused-ring (bicyclic) bond motifs is 1. The highest BCUT2D eigenvalue weighted by Gasteiger charge is 2.52. The Hall–Kier alpha value is -2.28. The van der Waals surface area contributed by atoms with Crippen LogP contribution in [0.4, 0.5) is 0 Å². The van der Waals surface area contributed by atoms with E-state index in [9.17, 15) is 19.5 Å². The molecule has 1 fully saturated rings. The quantitative estimate of drug-likeness (QED) is 0.762. The van der Waals surface area contributed by atoms with Gasteiger partial charge in [0.1, 0.15) is 11.4 Å². The van der Waals surface area contributed by atoms with Crippen LogP contribution < -0.4 is 10.4 Å². The molecule has 0 radical (unpaired) electrons. The van der Waals surface area contributed by atoms with Crippen molar-refractivity contribution >= 4 is 29.5 Å². The number of nitrogens with one attached hydrogen (secondary N) is 1. The van der Waals surface area contributed by atoms with Crippen LogP contribution >= 0.6 is 11.8 Å². The van der Waals surface area contributed by atoms with Crippen LogP contribution in [-0.4, -0.2) is 39.9 Å². The molecule has 0 aromatic heterocycles. The van der Waals surface area contributed by atoms with Crippen LogP contribution in [0.1, 0.15) is 12.5 Å². The fraction of sp³-hybridized carbons (Fsp3) is 0.312. The first-order valence-corrected chi connectivity index (χ1v) is 8.23. The lowest BCUT2D eigenvalue weighted by Gasteiger charge is -2.50. The number of benzene rings is 1. The van der Waals surface area contributed by atoms with Crippen LogP contribution in [0.5, 0.6) is 0 Å². The van der Waals surface area contributed by atoms with Crippen LogP contribution in [0.15, 0.2) is 41.6 Å². The predicted molar refractivity (Wildman–Crippen MR) is 82.9 cm³/mol. The van der Waals surface area contributed by atoms with Gasteiger partial charge in [0.05, 0.1) is 18.1 Å². The van der Waals surface area contributed by atoms with Gasteiger partial charge in [-0.15, -0.1) is 11.8 Å². The zero-order valence-electron chi connectivity index (χ0n) is 12.4. The predicted octanol–water partition coefficient (Wildman–Crippen LogP) is -0.347. The molecule has 6 nitrogen and oxygen atoms in total. The second kappa shape index (κ2) is 6.08. The van der Waals surface area contributed by atoms with Crippen molar-refractivity contribution in [3.05, 3.63) is 47.2 Å². The summed E-state index contributed by atoms with van der Waals surface area (Å²) < 4.78 is 0. The zero-order valence-corrected chi connectivity index (χ0v) is 13.3. The number of carboxylic acids is 1. The largest absolute Gasteiger partial charge is 0.543 e. The Kier molecular flexibility index (Phi) is 4.12. The fourth-order valence-corrected chi connectivity index (χ4v) is 4.06. The Bertz CT molecular complexity index is 701. The SMILES string of the molecule is CC1=C(C(=O)[O-])N2C(=O)C(NC(=O)Cc3ccccc3)C2SC1. The van der Waals surface area contributed by atoms with Crippen molar-refractivity contribution in [1.82, 2.24) is 10.2 Å². The van der Waals surface area contributed by atoms with E-state index in [4.69, 9.17) is 0 Å². The maximum atomic E-state index is 12.2. The highest BCUT2D eigenvalue weighted by atomic mass is 32.2. The lowest BCUT2D eigenvalue weighted by molar-refractivity contribution is -0.301. The summed E-state index contributed by atoms with van der Waals surface area (Å²) >= 11 is 1.44. The third kappa shape index (κ3) is 2.84. The zero-order chi connectivity index (χ0) is 16.6. The number of β-lactam (4-membered cyclic amide) rings is 1. The number of nitrogens with zero attached hydrogens (tertiary/aromatic N) is 1. The minimum Gasteiger partial charge on any atom is -0.543 e. The van der Waals surface area contributed by atoms with Crippen molar-refractivity contribution in [2.75, 3.05) is 5.75 Å². The molecule has 1 saturated heterocycles. The maximum absolute atomic E-state index is 12.2. The van der Waals surface area contributed by atoms with Gasteiger partial charge in [0.25, 0.3) is 5.91 Å². The van der Waals surface area contributed by atoms with Gasteiger partial charge in [-0.3, -0.25) is 14.5 Å². The van der Waals surface area contributed by atoms with E-state index in [2.05, 4.69) is 5.32 Å². The van der Waals surface area contributed by atoms with Gasteiger partial charge in [0.15, 0.2) is 0 Å². The second-order valence-electron chi connectivity index (χ2n) is 5.53. The van der Waals surface area contributed by atoms with Crippen LogP contribution in [-0.2, 0) is 20.8 Å². The molecule has 2 atom stereocenters. The van der Waals surface area contributed by atoms with Crippen molar-refractivity contribution in [3.8, 4) is 0 Å². The molecule has 120 valence electrons. The van der Waals surface area contributed by atoms with E-state index < -0.39 is 17.9 Å². The number of carboxylic acid groups (broad SMARTS) is 1. The first-order chi connectivity index (χ1) is 11.0. The van der Waals surface area contributed by atoms with Crippen LogP contribution in [0, 0.1) is 0 Å². The third-order valence-corrected chi connectivity index (χ3v) is 5.30. The Morgan fingerprint density at radius 3 is 2.70 bits per heavy atom. The Morgan fingerprint density at radius 1 is 1.35 bits per heavy atom. The molecule has 2 aliphatic rings. The highest BCUT2D eigenvalue weighted by Crippen LogP contribution is 2.39. The first kappa shape index (κ1) is 15.6. The lowest BCUT2D eigenvalue weighted by atomic mass is 10.0. The minimum absolute atomic E-state index is 0.0627. The normalized spacial score (nSPS) is 23.2. The van der Waals surface area contributed by atoms with E-state index in [0.717, 1.165) is 5.56 Å². The van der Waals surface area contributed by atoms with E-state index in [-0.39, 0.29) is 23.4 Å². The van der Waals surface area contributed by atoms with Crippen LogP contribution in [0.25, 0.3) is 0 Å². The molecular formula is C16H15N2O4S-. The molecule has 2 amide bonds. The van der Waals surface area contributed by atoms with Gasteiger partial charge in [-0.2, -0.15) is 0 Å². The summed E-state index contributed by atoms with van der Waals surface area (Å²) in [5.74, 6) is -1.50. The standard InChI is InChI=1S/C16H16N2O4S/c1-9-8-23-15-12(14(20)18(15)13(9)16(21)22)17-11(19)7-10-5-3-2-4-6-10/h2-6,12,15H,7-8H2,1H3,(H,17,19)(H,21,22)/p-1. The average Bonchev–Trinajstić information content (AvgIpc) is 2.53. The van der Waals surface area contributed by atoms with Gasteiger partial charge in [-0.1, -0.05) is 30.3 Å². The van der Waals surface area contributed by atoms with E-state index in [1.807, 2.05) is 30.3 Å². The van der Waals surface area contributed by atoms with Gasteiger partial charge < -0.3 is 15.2 Å². The third-order valence-electron chi connectivity index (χ3n) is 3.88. The molecule has 23 heavy (non-hydrogen) atoms. The highest BCUT2D eigenvalue weighted by molar-refractivity contribution is 8.00. The first-order valence-electron chi connectivity index (χ1n) is 7.18. The van der Waals surface area contributed by atoms with Gasteiger partial charge >= 0.3 is 0 Å². The second-order valence-corrected chi connectivity index (χ2v) is 6.64. The van der Waals surface area contributed by atoms with Gasteiger partial charge in [-0.05, 0) is 18.1 Å². The molecule has 3 rings (SSSR count). The fourth-order valence-electron chi connectivity index (χ4n) is 2.77. The Morgan fingerprint density at radius 2 is 2.04 bits per heavy atom. The van der Waals surface area contributed by atoms with Crippen molar-refractivity contribution in [1.29, 1.82) is 0 Å². The Balaban J connectivity index is 1.67. The number of aliphatic carboxylic acids is 1. The molecule has 2 heterocycles.